The third-order valence-electron chi connectivity index (χ3n) is 1.91. The Hall–Kier alpha value is -0.620. The van der Waals surface area contributed by atoms with Gasteiger partial charge in [0.25, 0.3) is 0 Å². The van der Waals surface area contributed by atoms with Crippen LogP contribution in [0.15, 0.2) is 24.3 Å². The highest BCUT2D eigenvalue weighted by atomic mass is 79.9. The lowest BCUT2D eigenvalue weighted by Gasteiger charge is -2.23. The zero-order valence-corrected chi connectivity index (χ0v) is 14.6. The number of carboxylic acids is 1. The monoisotopic (exact) mass is 398 g/mol. The molecule has 0 fully saturated rings. The number of carboxylic acid groups (broad SMARTS) is 1. The van der Waals surface area contributed by atoms with Crippen molar-refractivity contribution in [2.24, 2.45) is 5.41 Å². The van der Waals surface area contributed by atoms with E-state index in [4.69, 9.17) is 9.84 Å². The van der Waals surface area contributed by atoms with Gasteiger partial charge in [0.1, 0.15) is 0 Å². The number of hydrogen-bond acceptors (Lipinski definition) is 3. The fourth-order valence-electron chi connectivity index (χ4n) is 0.476. The number of alkyl halides is 2. The molecule has 0 aromatic carbocycles. The predicted molar refractivity (Wildman–Crippen MR) is 83.9 cm³/mol. The number of carbonyl (C=O) groups is 2. The molecule has 6 heteroatoms. The first-order chi connectivity index (χ1) is 8.59. The zero-order valence-electron chi connectivity index (χ0n) is 11.5. The van der Waals surface area contributed by atoms with Crippen molar-refractivity contribution in [3.05, 3.63) is 24.3 Å². The number of aliphatic carboxylic acids is 1. The SMILES string of the molecule is C=C(C)C(=O)O.C=C(C)C(=O)OCC(C)(CBr)CBr. The van der Waals surface area contributed by atoms with Gasteiger partial charge in [0.2, 0.25) is 0 Å². The first-order valence-corrected chi connectivity index (χ1v) is 7.67. The molecule has 0 aliphatic rings. The van der Waals surface area contributed by atoms with E-state index in [9.17, 15) is 9.59 Å². The average molecular weight is 400 g/mol. The maximum Gasteiger partial charge on any atom is 0.333 e. The van der Waals surface area contributed by atoms with E-state index in [0.717, 1.165) is 10.7 Å². The first kappa shape index (κ1) is 20.7. The highest BCUT2D eigenvalue weighted by molar-refractivity contribution is 9.09. The molecule has 0 amide bonds. The second-order valence-corrected chi connectivity index (χ2v) is 5.64. The van der Waals surface area contributed by atoms with Gasteiger partial charge in [-0.25, -0.2) is 9.59 Å². The molecular formula is C13H20Br2O4. The van der Waals surface area contributed by atoms with E-state index in [0.29, 0.717) is 12.2 Å². The minimum absolute atomic E-state index is 0.0505. The van der Waals surface area contributed by atoms with Crippen molar-refractivity contribution in [1.29, 1.82) is 0 Å². The van der Waals surface area contributed by atoms with Crippen LogP contribution >= 0.6 is 31.9 Å². The van der Waals surface area contributed by atoms with Gasteiger partial charge in [0, 0.05) is 27.2 Å². The van der Waals surface area contributed by atoms with Gasteiger partial charge in [0.15, 0.2) is 0 Å². The van der Waals surface area contributed by atoms with Gasteiger partial charge in [-0.05, 0) is 13.8 Å². The molecule has 0 atom stereocenters. The molecule has 0 radical (unpaired) electrons. The van der Waals surface area contributed by atoms with Crippen molar-refractivity contribution in [1.82, 2.24) is 0 Å². The van der Waals surface area contributed by atoms with E-state index in [1.807, 2.05) is 6.92 Å². The summed E-state index contributed by atoms with van der Waals surface area (Å²) in [6.45, 7) is 12.2. The van der Waals surface area contributed by atoms with E-state index >= 15 is 0 Å². The van der Waals surface area contributed by atoms with Gasteiger partial charge in [-0.3, -0.25) is 0 Å². The summed E-state index contributed by atoms with van der Waals surface area (Å²) < 4.78 is 5.05. The number of ether oxygens (including phenoxy) is 1. The lowest BCUT2D eigenvalue weighted by Crippen LogP contribution is -2.28. The predicted octanol–water partition coefficient (Wildman–Crippen LogP) is 3.55. The molecule has 0 bridgehead atoms. The molecule has 1 N–H and O–H groups in total. The molecule has 0 aromatic heterocycles. The lowest BCUT2D eigenvalue weighted by molar-refractivity contribution is -0.141. The summed E-state index contributed by atoms with van der Waals surface area (Å²) >= 11 is 6.75. The molecule has 0 unspecified atom stereocenters. The van der Waals surface area contributed by atoms with Crippen LogP contribution in [0.4, 0.5) is 0 Å². The van der Waals surface area contributed by atoms with Gasteiger partial charge < -0.3 is 9.84 Å². The highest BCUT2D eigenvalue weighted by Gasteiger charge is 2.23. The number of rotatable bonds is 6. The molecule has 0 aromatic rings. The summed E-state index contributed by atoms with van der Waals surface area (Å²) in [5.41, 5.74) is 0.562. The van der Waals surface area contributed by atoms with Crippen molar-refractivity contribution in [2.75, 3.05) is 17.3 Å². The van der Waals surface area contributed by atoms with E-state index < -0.39 is 5.97 Å². The third-order valence-corrected chi connectivity index (χ3v) is 4.62. The molecule has 0 spiro atoms. The molecule has 0 rings (SSSR count). The highest BCUT2D eigenvalue weighted by Crippen LogP contribution is 2.22. The second kappa shape index (κ2) is 10.2. The first-order valence-electron chi connectivity index (χ1n) is 5.43. The minimum atomic E-state index is -0.935. The molecule has 110 valence electrons. The van der Waals surface area contributed by atoms with E-state index in [1.54, 1.807) is 6.92 Å². The Labute approximate surface area is 131 Å². The van der Waals surface area contributed by atoms with E-state index in [-0.39, 0.29) is 17.0 Å². The second-order valence-electron chi connectivity index (χ2n) is 4.52. The van der Waals surface area contributed by atoms with Crippen molar-refractivity contribution in [3.63, 3.8) is 0 Å². The summed E-state index contributed by atoms with van der Waals surface area (Å²) in [7, 11) is 0. The Morgan fingerprint density at radius 1 is 1.16 bits per heavy atom. The van der Waals surface area contributed by atoms with Crippen LogP contribution in [0.25, 0.3) is 0 Å². The zero-order chi connectivity index (χ0) is 15.6. The van der Waals surface area contributed by atoms with Crippen LogP contribution in [0.5, 0.6) is 0 Å². The van der Waals surface area contributed by atoms with Gasteiger partial charge >= 0.3 is 11.9 Å². The number of esters is 1. The normalized spacial score (nSPS) is 9.95. The van der Waals surface area contributed by atoms with Crippen LogP contribution in [0.3, 0.4) is 0 Å². The Kier molecular flexibility index (Phi) is 11.1. The molecule has 0 heterocycles. The summed E-state index contributed by atoms with van der Waals surface area (Å²) in [4.78, 5) is 20.7. The quantitative estimate of drug-likeness (QED) is 0.421. The van der Waals surface area contributed by atoms with Gasteiger partial charge in [0.05, 0.1) is 6.61 Å². The number of halogens is 2. The van der Waals surface area contributed by atoms with Gasteiger partial charge in [-0.1, -0.05) is 51.9 Å². The van der Waals surface area contributed by atoms with Crippen LogP contribution in [0.2, 0.25) is 0 Å². The average Bonchev–Trinajstić information content (AvgIpc) is 2.35. The molecule has 0 saturated heterocycles. The molecule has 0 saturated carbocycles. The molecule has 4 nitrogen and oxygen atoms in total. The Balaban J connectivity index is 0. The van der Waals surface area contributed by atoms with Crippen molar-refractivity contribution >= 4 is 43.8 Å². The number of carbonyl (C=O) groups excluding carboxylic acids is 1. The Morgan fingerprint density at radius 3 is 1.74 bits per heavy atom. The fraction of sp³-hybridized carbons (Fsp3) is 0.538. The summed E-state index contributed by atoms with van der Waals surface area (Å²) in [6, 6.07) is 0. The largest absolute Gasteiger partial charge is 0.478 e. The molecule has 0 aliphatic heterocycles. The molecule has 19 heavy (non-hydrogen) atoms. The Morgan fingerprint density at radius 2 is 1.53 bits per heavy atom. The van der Waals surface area contributed by atoms with Crippen LogP contribution in [0, 0.1) is 5.41 Å². The lowest BCUT2D eigenvalue weighted by atomic mass is 9.98. The van der Waals surface area contributed by atoms with Crippen molar-refractivity contribution < 1.29 is 19.4 Å². The Bertz CT molecular complexity index is 335. The van der Waals surface area contributed by atoms with Crippen LogP contribution in [-0.4, -0.2) is 34.3 Å². The van der Waals surface area contributed by atoms with Crippen LogP contribution in [-0.2, 0) is 14.3 Å². The maximum absolute atomic E-state index is 11.1. The van der Waals surface area contributed by atoms with E-state index in [2.05, 4.69) is 45.0 Å². The minimum Gasteiger partial charge on any atom is -0.478 e. The summed E-state index contributed by atoms with van der Waals surface area (Å²) in [5.74, 6) is -1.26. The maximum atomic E-state index is 11.1. The third kappa shape index (κ3) is 10.9. The standard InChI is InChI=1S/C9H14Br2O2.C4H6O2/c1-7(2)8(12)13-6-9(3,4-10)5-11;1-3(2)4(5)6/h1,4-6H2,2-3H3;1H2,2H3,(H,5,6). The summed E-state index contributed by atoms with van der Waals surface area (Å²) in [6.07, 6.45) is 0. The van der Waals surface area contributed by atoms with Crippen molar-refractivity contribution in [3.8, 4) is 0 Å². The van der Waals surface area contributed by atoms with E-state index in [1.165, 1.54) is 6.92 Å². The van der Waals surface area contributed by atoms with Crippen LogP contribution < -0.4 is 0 Å². The fourth-order valence-corrected chi connectivity index (χ4v) is 1.73. The summed E-state index contributed by atoms with van der Waals surface area (Å²) in [5, 5.41) is 9.46. The number of hydrogen-bond donors (Lipinski definition) is 1. The van der Waals surface area contributed by atoms with Gasteiger partial charge in [-0.15, -0.1) is 0 Å². The molecular weight excluding hydrogens is 380 g/mol. The smallest absolute Gasteiger partial charge is 0.333 e. The van der Waals surface area contributed by atoms with Crippen molar-refractivity contribution in [2.45, 2.75) is 20.8 Å². The topological polar surface area (TPSA) is 63.6 Å². The molecule has 0 aliphatic carbocycles. The van der Waals surface area contributed by atoms with Gasteiger partial charge in [-0.2, -0.15) is 0 Å². The van der Waals surface area contributed by atoms with Crippen LogP contribution in [0.1, 0.15) is 20.8 Å².